The average Bonchev–Trinajstić information content (AvgIpc) is 3.23. The van der Waals surface area contributed by atoms with Crippen LogP contribution in [0.25, 0.3) is 10.4 Å². The molecular weight excluding hydrogens is 419 g/mol. The zero-order chi connectivity index (χ0) is 22.1. The lowest BCUT2D eigenvalue weighted by molar-refractivity contribution is -0.231. The first-order chi connectivity index (χ1) is 14.9. The molecule has 4 N–H and O–H groups in total. The Kier molecular flexibility index (Phi) is 6.52. The Labute approximate surface area is 184 Å². The van der Waals surface area contributed by atoms with E-state index in [9.17, 15) is 24.8 Å². The second-order valence-corrected chi connectivity index (χ2v) is 9.05. The SMILES string of the molecule is Cc1ccc([C@@H]2O[C@H](CO)C(O)C(O)[C@H]2O)cc1Cc1ccc(-c2ccc(F)cc2)s1. The summed E-state index contributed by atoms with van der Waals surface area (Å²) in [7, 11) is 0. The summed E-state index contributed by atoms with van der Waals surface area (Å²) in [5.41, 5.74) is 3.75. The highest BCUT2D eigenvalue weighted by atomic mass is 32.1. The van der Waals surface area contributed by atoms with Gasteiger partial charge < -0.3 is 25.2 Å². The van der Waals surface area contributed by atoms with E-state index in [1.807, 2.05) is 37.3 Å². The van der Waals surface area contributed by atoms with Gasteiger partial charge in [-0.1, -0.05) is 30.3 Å². The van der Waals surface area contributed by atoms with Crippen LogP contribution in [0.5, 0.6) is 0 Å². The summed E-state index contributed by atoms with van der Waals surface area (Å²) in [5.74, 6) is -0.263. The van der Waals surface area contributed by atoms with Gasteiger partial charge in [0.15, 0.2) is 0 Å². The van der Waals surface area contributed by atoms with Gasteiger partial charge in [-0.3, -0.25) is 0 Å². The number of aryl methyl sites for hydroxylation is 1. The normalized spacial score (nSPS) is 26.2. The molecule has 0 amide bonds. The summed E-state index contributed by atoms with van der Waals surface area (Å²) in [6.07, 6.45) is -5.21. The quantitative estimate of drug-likeness (QED) is 0.486. The highest BCUT2D eigenvalue weighted by Gasteiger charge is 2.43. The molecule has 164 valence electrons. The third kappa shape index (κ3) is 4.57. The number of ether oxygens (including phenoxy) is 1. The van der Waals surface area contributed by atoms with Crippen LogP contribution in [0.2, 0.25) is 0 Å². The van der Waals surface area contributed by atoms with Crippen molar-refractivity contribution in [2.75, 3.05) is 6.61 Å². The first-order valence-corrected chi connectivity index (χ1v) is 10.9. The average molecular weight is 445 g/mol. The van der Waals surface area contributed by atoms with E-state index in [0.717, 1.165) is 26.4 Å². The number of aliphatic hydroxyl groups is 4. The maximum absolute atomic E-state index is 13.2. The molecule has 1 fully saturated rings. The van der Waals surface area contributed by atoms with Crippen LogP contribution in [0, 0.1) is 12.7 Å². The van der Waals surface area contributed by atoms with Crippen LogP contribution < -0.4 is 0 Å². The highest BCUT2D eigenvalue weighted by Crippen LogP contribution is 2.35. The molecule has 31 heavy (non-hydrogen) atoms. The molecule has 2 unspecified atom stereocenters. The molecule has 0 aliphatic carbocycles. The van der Waals surface area contributed by atoms with Crippen LogP contribution in [0.15, 0.2) is 54.6 Å². The zero-order valence-electron chi connectivity index (χ0n) is 17.0. The number of rotatable bonds is 5. The molecule has 0 spiro atoms. The van der Waals surface area contributed by atoms with Crippen LogP contribution in [0.1, 0.15) is 27.7 Å². The van der Waals surface area contributed by atoms with Crippen LogP contribution in [-0.4, -0.2) is 51.4 Å². The Morgan fingerprint density at radius 2 is 1.68 bits per heavy atom. The van der Waals surface area contributed by atoms with Gasteiger partial charge in [0, 0.05) is 16.2 Å². The summed E-state index contributed by atoms with van der Waals surface area (Å²) >= 11 is 1.63. The van der Waals surface area contributed by atoms with Crippen molar-refractivity contribution in [2.24, 2.45) is 0 Å². The van der Waals surface area contributed by atoms with Crippen LogP contribution >= 0.6 is 11.3 Å². The summed E-state index contributed by atoms with van der Waals surface area (Å²) < 4.78 is 18.9. The van der Waals surface area contributed by atoms with Crippen molar-refractivity contribution in [3.63, 3.8) is 0 Å². The minimum absolute atomic E-state index is 0.263. The van der Waals surface area contributed by atoms with Gasteiger partial charge in [-0.2, -0.15) is 0 Å². The molecule has 0 saturated carbocycles. The maximum Gasteiger partial charge on any atom is 0.123 e. The summed E-state index contributed by atoms with van der Waals surface area (Å²) in [5, 5.41) is 40.0. The van der Waals surface area contributed by atoms with Crippen molar-refractivity contribution >= 4 is 11.3 Å². The topological polar surface area (TPSA) is 90.2 Å². The molecule has 0 bridgehead atoms. The molecule has 3 aromatic rings. The molecular formula is C24H25FO5S. The van der Waals surface area contributed by atoms with Crippen molar-refractivity contribution in [1.29, 1.82) is 0 Å². The van der Waals surface area contributed by atoms with Crippen molar-refractivity contribution < 1.29 is 29.6 Å². The van der Waals surface area contributed by atoms with E-state index >= 15 is 0 Å². The standard InChI is InChI=1S/C24H25FO5S/c1-13-2-3-15(24-23(29)22(28)21(27)19(12-26)30-24)10-16(13)11-18-8-9-20(31-18)14-4-6-17(25)7-5-14/h2-10,19,21-24,26-29H,11-12H2,1H3/t19-,21?,22?,23-,24+/m1/s1. The Morgan fingerprint density at radius 1 is 0.935 bits per heavy atom. The van der Waals surface area contributed by atoms with E-state index in [-0.39, 0.29) is 5.82 Å². The third-order valence-corrected chi connectivity index (χ3v) is 6.88. The van der Waals surface area contributed by atoms with E-state index in [4.69, 9.17) is 4.74 Å². The Hall–Kier alpha value is -2.13. The predicted octanol–water partition coefficient (Wildman–Crippen LogP) is 2.97. The first-order valence-electron chi connectivity index (χ1n) is 10.1. The molecule has 5 nitrogen and oxygen atoms in total. The summed E-state index contributed by atoms with van der Waals surface area (Å²) in [4.78, 5) is 2.19. The van der Waals surface area contributed by atoms with Gasteiger partial charge in [-0.05, 0) is 53.4 Å². The summed E-state index contributed by atoms with van der Waals surface area (Å²) in [6, 6.07) is 16.2. The number of aliphatic hydroxyl groups excluding tert-OH is 4. The number of hydrogen-bond acceptors (Lipinski definition) is 6. The van der Waals surface area contributed by atoms with Gasteiger partial charge in [0.1, 0.15) is 36.3 Å². The molecule has 0 radical (unpaired) electrons. The maximum atomic E-state index is 13.2. The zero-order valence-corrected chi connectivity index (χ0v) is 17.8. The molecule has 7 heteroatoms. The monoisotopic (exact) mass is 444 g/mol. The van der Waals surface area contributed by atoms with E-state index in [1.54, 1.807) is 23.5 Å². The lowest BCUT2D eigenvalue weighted by Gasteiger charge is -2.40. The molecule has 1 aromatic heterocycles. The Balaban J connectivity index is 1.57. The van der Waals surface area contributed by atoms with Crippen LogP contribution in [0.4, 0.5) is 4.39 Å². The number of hydrogen-bond donors (Lipinski definition) is 4. The smallest absolute Gasteiger partial charge is 0.123 e. The van der Waals surface area contributed by atoms with Gasteiger partial charge in [0.2, 0.25) is 0 Å². The predicted molar refractivity (Wildman–Crippen MR) is 116 cm³/mol. The second-order valence-electron chi connectivity index (χ2n) is 7.89. The Bertz CT molecular complexity index is 1030. The fraction of sp³-hybridized carbons (Fsp3) is 0.333. The number of benzene rings is 2. The van der Waals surface area contributed by atoms with E-state index in [1.165, 1.54) is 12.1 Å². The van der Waals surface area contributed by atoms with Crippen LogP contribution in [0.3, 0.4) is 0 Å². The van der Waals surface area contributed by atoms with Crippen molar-refractivity contribution in [2.45, 2.75) is 43.9 Å². The molecule has 2 aromatic carbocycles. The lowest BCUT2D eigenvalue weighted by atomic mass is 9.89. The molecule has 1 aliphatic heterocycles. The number of thiophene rings is 1. The fourth-order valence-electron chi connectivity index (χ4n) is 3.87. The van der Waals surface area contributed by atoms with E-state index < -0.39 is 37.1 Å². The van der Waals surface area contributed by atoms with E-state index in [2.05, 4.69) is 0 Å². The minimum atomic E-state index is -1.41. The Morgan fingerprint density at radius 3 is 2.39 bits per heavy atom. The first kappa shape index (κ1) is 22.1. The van der Waals surface area contributed by atoms with Crippen molar-refractivity contribution in [1.82, 2.24) is 0 Å². The van der Waals surface area contributed by atoms with Gasteiger partial charge >= 0.3 is 0 Å². The lowest BCUT2D eigenvalue weighted by Crippen LogP contribution is -2.55. The van der Waals surface area contributed by atoms with Gasteiger partial charge in [0.25, 0.3) is 0 Å². The van der Waals surface area contributed by atoms with Crippen LogP contribution in [-0.2, 0) is 11.2 Å². The van der Waals surface area contributed by atoms with Crippen molar-refractivity contribution in [3.05, 3.63) is 82.0 Å². The highest BCUT2D eigenvalue weighted by molar-refractivity contribution is 7.15. The van der Waals surface area contributed by atoms with Gasteiger partial charge in [-0.25, -0.2) is 4.39 Å². The molecule has 1 saturated heterocycles. The number of halogens is 1. The fourth-order valence-corrected chi connectivity index (χ4v) is 4.90. The molecule has 2 heterocycles. The molecule has 5 atom stereocenters. The van der Waals surface area contributed by atoms with E-state index in [0.29, 0.717) is 12.0 Å². The molecule has 1 aliphatic rings. The van der Waals surface area contributed by atoms with Crippen molar-refractivity contribution in [3.8, 4) is 10.4 Å². The minimum Gasteiger partial charge on any atom is -0.394 e. The second kappa shape index (κ2) is 9.16. The van der Waals surface area contributed by atoms with Gasteiger partial charge in [-0.15, -0.1) is 11.3 Å². The van der Waals surface area contributed by atoms with Gasteiger partial charge in [0.05, 0.1) is 6.61 Å². The molecule has 4 rings (SSSR count). The summed E-state index contributed by atoms with van der Waals surface area (Å²) in [6.45, 7) is 1.54. The third-order valence-electron chi connectivity index (χ3n) is 5.75. The largest absolute Gasteiger partial charge is 0.394 e.